The summed E-state index contributed by atoms with van der Waals surface area (Å²) in [6.45, 7) is 5.28. The van der Waals surface area contributed by atoms with Gasteiger partial charge in [-0.2, -0.15) is 0 Å². The second-order valence-corrected chi connectivity index (χ2v) is 15.4. The summed E-state index contributed by atoms with van der Waals surface area (Å²) in [5.41, 5.74) is 1.34. The molecule has 4 N–H and O–H groups in total. The zero-order valence-corrected chi connectivity index (χ0v) is 26.6. The van der Waals surface area contributed by atoms with Gasteiger partial charge in [-0.05, 0) is 98.5 Å². The summed E-state index contributed by atoms with van der Waals surface area (Å²) in [4.78, 5) is 12.6. The lowest BCUT2D eigenvalue weighted by atomic mass is 9.47. The van der Waals surface area contributed by atoms with Gasteiger partial charge in [0.25, 0.3) is 0 Å². The van der Waals surface area contributed by atoms with Gasteiger partial charge in [-0.3, -0.25) is 4.79 Å². The molecule has 8 nitrogen and oxygen atoms in total. The minimum absolute atomic E-state index is 0.00123. The lowest BCUT2D eigenvalue weighted by Crippen LogP contribution is -2.57. The summed E-state index contributed by atoms with van der Waals surface area (Å²) in [5.74, 6) is 2.87. The molecule has 0 bridgehead atoms. The SMILES string of the molecule is COC(=O)C1CC[C@H]2[C@@H]3CC=C4CC(OCCCCCCS[C@@H]5O[C@H](CO)[C@@H](O)[C@H](O)[C@@H]5O)CC[C@]4(C)[C@@H]3CC[C@]12C. The Morgan fingerprint density at radius 2 is 1.79 bits per heavy atom. The van der Waals surface area contributed by atoms with E-state index in [1.54, 1.807) is 5.57 Å². The van der Waals surface area contributed by atoms with Gasteiger partial charge in [0.15, 0.2) is 0 Å². The van der Waals surface area contributed by atoms with Gasteiger partial charge >= 0.3 is 5.97 Å². The van der Waals surface area contributed by atoms with Crippen LogP contribution in [0, 0.1) is 34.5 Å². The Bertz CT molecular complexity index is 958. The number of hydrogen-bond donors (Lipinski definition) is 4. The van der Waals surface area contributed by atoms with E-state index in [9.17, 15) is 25.2 Å². The van der Waals surface area contributed by atoms with Crippen molar-refractivity contribution >= 4 is 17.7 Å². The van der Waals surface area contributed by atoms with Crippen molar-refractivity contribution in [2.75, 3.05) is 26.1 Å². The average molecular weight is 611 g/mol. The van der Waals surface area contributed by atoms with E-state index in [-0.39, 0.29) is 29.3 Å². The van der Waals surface area contributed by atoms with Crippen LogP contribution in [0.4, 0.5) is 0 Å². The summed E-state index contributed by atoms with van der Waals surface area (Å²) in [7, 11) is 1.54. The molecule has 9 heteroatoms. The van der Waals surface area contributed by atoms with E-state index in [0.29, 0.717) is 23.9 Å². The van der Waals surface area contributed by atoms with Gasteiger partial charge in [-0.1, -0.05) is 38.3 Å². The first-order chi connectivity index (χ1) is 20.1. The summed E-state index contributed by atoms with van der Waals surface area (Å²) < 4.78 is 17.2. The molecule has 0 radical (unpaired) electrons. The summed E-state index contributed by atoms with van der Waals surface area (Å²) in [5, 5.41) is 39.4. The highest BCUT2D eigenvalue weighted by Crippen LogP contribution is 2.66. The highest BCUT2D eigenvalue weighted by atomic mass is 32.2. The number of carbonyl (C=O) groups is 1. The molecule has 1 aliphatic heterocycles. The number of thioether (sulfide) groups is 1. The Morgan fingerprint density at radius 1 is 1.00 bits per heavy atom. The van der Waals surface area contributed by atoms with Crippen LogP contribution < -0.4 is 0 Å². The summed E-state index contributed by atoms with van der Waals surface area (Å²) in [6.07, 6.45) is 11.4. The lowest BCUT2D eigenvalue weighted by molar-refractivity contribution is -0.205. The highest BCUT2D eigenvalue weighted by Gasteiger charge is 2.60. The molecule has 5 aliphatic rings. The maximum absolute atomic E-state index is 12.6. The van der Waals surface area contributed by atoms with Crippen LogP contribution in [0.3, 0.4) is 0 Å². The molecule has 42 heavy (non-hydrogen) atoms. The fraction of sp³-hybridized carbons (Fsp3) is 0.909. The number of rotatable bonds is 11. The van der Waals surface area contributed by atoms with Crippen molar-refractivity contribution in [1.29, 1.82) is 0 Å². The number of allylic oxidation sites excluding steroid dienone is 1. The molecule has 5 rings (SSSR count). The number of methoxy groups -OCH3 is 1. The van der Waals surface area contributed by atoms with Crippen molar-refractivity contribution in [2.45, 2.75) is 127 Å². The maximum Gasteiger partial charge on any atom is 0.309 e. The Balaban J connectivity index is 1.01. The van der Waals surface area contributed by atoms with Crippen LogP contribution in [-0.4, -0.2) is 88.4 Å². The fourth-order valence-electron chi connectivity index (χ4n) is 9.51. The van der Waals surface area contributed by atoms with Crippen molar-refractivity contribution in [1.82, 2.24) is 0 Å². The number of ether oxygens (including phenoxy) is 3. The Hall–Kier alpha value is -0.680. The fourth-order valence-corrected chi connectivity index (χ4v) is 10.7. The van der Waals surface area contributed by atoms with Gasteiger partial charge in [-0.25, -0.2) is 0 Å². The van der Waals surface area contributed by atoms with Gasteiger partial charge in [0.2, 0.25) is 0 Å². The molecule has 0 aromatic heterocycles. The first kappa shape index (κ1) is 32.7. The number of esters is 1. The lowest BCUT2D eigenvalue weighted by Gasteiger charge is -2.58. The molecule has 2 unspecified atom stereocenters. The predicted octanol–water partition coefficient (Wildman–Crippen LogP) is 4.22. The number of fused-ring (bicyclic) bond motifs is 5. The quantitative estimate of drug-likeness (QED) is 0.155. The first-order valence-electron chi connectivity index (χ1n) is 16.4. The number of aliphatic hydroxyl groups is 4. The minimum atomic E-state index is -1.31. The van der Waals surface area contributed by atoms with Gasteiger partial charge in [0.1, 0.15) is 29.9 Å². The second-order valence-electron chi connectivity index (χ2n) is 14.2. The van der Waals surface area contributed by atoms with Crippen molar-refractivity contribution in [3.8, 4) is 0 Å². The van der Waals surface area contributed by atoms with E-state index in [1.807, 2.05) is 0 Å². The monoisotopic (exact) mass is 610 g/mol. The van der Waals surface area contributed by atoms with Crippen LogP contribution in [0.25, 0.3) is 0 Å². The molecule has 0 amide bonds. The predicted molar refractivity (Wildman–Crippen MR) is 162 cm³/mol. The van der Waals surface area contributed by atoms with E-state index in [1.165, 1.54) is 31.7 Å². The standard InChI is InChI=1S/C33H54O8S/c1-32-14-12-21(40-16-6-4-5-7-17-42-31-29(37)28(36)27(35)26(19-34)41-31)18-20(32)8-9-22-23-10-11-25(30(38)39-3)33(23,2)15-13-24(22)32/h8,21-29,31,34-37H,4-7,9-19H2,1-3H3/t21?,22-,23-,24+,25?,26+,27+,28-,29-,31-,32-,33-/m0/s1. The first-order valence-corrected chi connectivity index (χ1v) is 17.5. The number of unbranched alkanes of at least 4 members (excludes halogenated alkanes) is 3. The van der Waals surface area contributed by atoms with Crippen LogP contribution in [0.2, 0.25) is 0 Å². The van der Waals surface area contributed by atoms with Crippen molar-refractivity contribution in [2.24, 2.45) is 34.5 Å². The molecule has 3 saturated carbocycles. The van der Waals surface area contributed by atoms with Crippen LogP contribution in [0.5, 0.6) is 0 Å². The van der Waals surface area contributed by atoms with Gasteiger partial charge < -0.3 is 34.6 Å². The number of carbonyl (C=O) groups excluding carboxylic acids is 1. The molecule has 1 heterocycles. The van der Waals surface area contributed by atoms with E-state index >= 15 is 0 Å². The van der Waals surface area contributed by atoms with Gasteiger partial charge in [0.05, 0.1) is 25.7 Å². The zero-order chi connectivity index (χ0) is 30.1. The largest absolute Gasteiger partial charge is 0.469 e. The number of hydrogen-bond acceptors (Lipinski definition) is 9. The van der Waals surface area contributed by atoms with Crippen LogP contribution >= 0.6 is 11.8 Å². The third kappa shape index (κ3) is 6.22. The molecule has 0 spiro atoms. The number of aliphatic hydroxyl groups excluding tert-OH is 4. The third-order valence-corrected chi connectivity index (χ3v) is 13.3. The van der Waals surface area contributed by atoms with E-state index in [2.05, 4.69) is 19.9 Å². The Morgan fingerprint density at radius 3 is 2.55 bits per heavy atom. The zero-order valence-electron chi connectivity index (χ0n) is 25.8. The molecule has 12 atom stereocenters. The molecule has 240 valence electrons. The molecule has 1 saturated heterocycles. The van der Waals surface area contributed by atoms with E-state index in [4.69, 9.17) is 14.2 Å². The van der Waals surface area contributed by atoms with E-state index in [0.717, 1.165) is 76.6 Å². The second kappa shape index (κ2) is 13.8. The third-order valence-electron chi connectivity index (χ3n) is 12.1. The van der Waals surface area contributed by atoms with Crippen molar-refractivity contribution in [3.05, 3.63) is 11.6 Å². The molecular formula is C33H54O8S. The summed E-state index contributed by atoms with van der Waals surface area (Å²) in [6, 6.07) is 0. The average Bonchev–Trinajstić information content (AvgIpc) is 3.35. The smallest absolute Gasteiger partial charge is 0.309 e. The normalized spacial score (nSPS) is 45.0. The topological polar surface area (TPSA) is 126 Å². The van der Waals surface area contributed by atoms with Crippen LogP contribution in [0.1, 0.15) is 90.9 Å². The maximum atomic E-state index is 12.6. The van der Waals surface area contributed by atoms with Gasteiger partial charge in [0, 0.05) is 6.61 Å². The Labute approximate surface area is 256 Å². The molecule has 4 fully saturated rings. The Kier molecular flexibility index (Phi) is 10.7. The van der Waals surface area contributed by atoms with Gasteiger partial charge in [-0.15, -0.1) is 11.8 Å². The highest BCUT2D eigenvalue weighted by molar-refractivity contribution is 7.99. The summed E-state index contributed by atoms with van der Waals surface area (Å²) >= 11 is 1.43. The molecule has 0 aromatic rings. The van der Waals surface area contributed by atoms with Crippen molar-refractivity contribution in [3.63, 3.8) is 0 Å². The van der Waals surface area contributed by atoms with E-state index < -0.39 is 29.9 Å². The molecule has 4 aliphatic carbocycles. The minimum Gasteiger partial charge on any atom is -0.469 e. The molecule has 0 aromatic carbocycles. The van der Waals surface area contributed by atoms with Crippen molar-refractivity contribution < 1.29 is 39.4 Å². The van der Waals surface area contributed by atoms with Crippen LogP contribution in [0.15, 0.2) is 11.6 Å². The molecular weight excluding hydrogens is 556 g/mol. The van der Waals surface area contributed by atoms with Crippen LogP contribution in [-0.2, 0) is 19.0 Å².